The van der Waals surface area contributed by atoms with Crippen LogP contribution in [0.1, 0.15) is 62.2 Å². The number of nitrogens with zero attached hydrogens (tertiary/aromatic N) is 1. The van der Waals surface area contributed by atoms with E-state index in [2.05, 4.69) is 24.0 Å². The van der Waals surface area contributed by atoms with Gasteiger partial charge in [0.05, 0.1) is 6.10 Å². The number of rotatable bonds is 4. The zero-order chi connectivity index (χ0) is 14.7. The molecule has 1 aliphatic heterocycles. The molecule has 2 nitrogen and oxygen atoms in total. The molecule has 116 valence electrons. The van der Waals surface area contributed by atoms with Crippen molar-refractivity contribution in [1.29, 1.82) is 0 Å². The fourth-order valence-electron chi connectivity index (χ4n) is 4.41. The van der Waals surface area contributed by atoms with Gasteiger partial charge in [-0.15, -0.1) is 0 Å². The molecule has 3 unspecified atom stereocenters. The van der Waals surface area contributed by atoms with Crippen LogP contribution >= 0.6 is 0 Å². The van der Waals surface area contributed by atoms with Gasteiger partial charge in [0.2, 0.25) is 0 Å². The number of hydrogen-bond acceptors (Lipinski definition) is 2. The van der Waals surface area contributed by atoms with Crippen LogP contribution < -0.4 is 0 Å². The van der Waals surface area contributed by atoms with Gasteiger partial charge in [-0.2, -0.15) is 0 Å². The lowest BCUT2D eigenvalue weighted by molar-refractivity contribution is 0.0455. The van der Waals surface area contributed by atoms with E-state index in [1.54, 1.807) is 0 Å². The molecule has 3 rings (SSSR count). The molecular formula is C19H29NO. The van der Waals surface area contributed by atoms with Gasteiger partial charge < -0.3 is 10.0 Å². The van der Waals surface area contributed by atoms with E-state index in [0.29, 0.717) is 0 Å². The largest absolute Gasteiger partial charge is 0.388 e. The summed E-state index contributed by atoms with van der Waals surface area (Å²) in [4.78, 5) is 2.68. The smallest absolute Gasteiger partial charge is 0.0804 e. The Bertz CT molecular complexity index is 457. The van der Waals surface area contributed by atoms with Gasteiger partial charge in [0.15, 0.2) is 0 Å². The average molecular weight is 287 g/mol. The van der Waals surface area contributed by atoms with E-state index >= 15 is 0 Å². The number of benzene rings is 1. The molecule has 0 radical (unpaired) electrons. The number of aliphatic hydroxyl groups is 1. The summed E-state index contributed by atoms with van der Waals surface area (Å²) in [6, 6.07) is 9.04. The molecule has 1 saturated carbocycles. The van der Waals surface area contributed by atoms with Gasteiger partial charge in [-0.25, -0.2) is 0 Å². The number of likely N-dealkylation sites (tertiary alicyclic amines) is 1. The summed E-state index contributed by atoms with van der Waals surface area (Å²) in [7, 11) is 0. The van der Waals surface area contributed by atoms with E-state index in [1.165, 1.54) is 50.6 Å². The molecule has 0 spiro atoms. The second kappa shape index (κ2) is 6.93. The second-order valence-corrected chi connectivity index (χ2v) is 6.95. The normalized spacial score (nSPS) is 28.1. The maximum atomic E-state index is 10.5. The highest BCUT2D eigenvalue weighted by molar-refractivity contribution is 5.27. The quantitative estimate of drug-likeness (QED) is 0.902. The standard InChI is InChI=1S/C19H29NO/c1-15-7-2-4-10-17(15)19(21)12-14-20-13-6-9-16-8-3-5-11-18(16)20/h2,4,7,10,16,18-19,21H,3,5-6,8-9,11-14H2,1H3. The van der Waals surface area contributed by atoms with E-state index in [-0.39, 0.29) is 6.10 Å². The lowest BCUT2D eigenvalue weighted by Crippen LogP contribution is -2.47. The molecule has 1 aromatic rings. The summed E-state index contributed by atoms with van der Waals surface area (Å²) in [5, 5.41) is 10.5. The Morgan fingerprint density at radius 3 is 2.76 bits per heavy atom. The number of aryl methyl sites for hydroxylation is 1. The summed E-state index contributed by atoms with van der Waals surface area (Å²) in [5.41, 5.74) is 2.31. The highest BCUT2D eigenvalue weighted by atomic mass is 16.3. The molecule has 0 amide bonds. The van der Waals surface area contributed by atoms with Crippen molar-refractivity contribution in [3.05, 3.63) is 35.4 Å². The first-order valence-corrected chi connectivity index (χ1v) is 8.73. The minimum absolute atomic E-state index is 0.310. The predicted octanol–water partition coefficient (Wildman–Crippen LogP) is 4.07. The van der Waals surface area contributed by atoms with E-state index < -0.39 is 0 Å². The highest BCUT2D eigenvalue weighted by Crippen LogP contribution is 2.35. The van der Waals surface area contributed by atoms with Crippen molar-refractivity contribution in [2.75, 3.05) is 13.1 Å². The van der Waals surface area contributed by atoms with Crippen LogP contribution in [-0.2, 0) is 0 Å². The van der Waals surface area contributed by atoms with Crippen molar-refractivity contribution in [3.8, 4) is 0 Å². The molecule has 3 atom stereocenters. The van der Waals surface area contributed by atoms with E-state index in [4.69, 9.17) is 0 Å². The van der Waals surface area contributed by atoms with Crippen LogP contribution in [-0.4, -0.2) is 29.1 Å². The summed E-state index contributed by atoms with van der Waals surface area (Å²) in [5.74, 6) is 0.933. The molecule has 1 aliphatic carbocycles. The maximum Gasteiger partial charge on any atom is 0.0804 e. The van der Waals surface area contributed by atoms with Crippen LogP contribution in [0.4, 0.5) is 0 Å². The average Bonchev–Trinajstić information content (AvgIpc) is 2.53. The van der Waals surface area contributed by atoms with Gasteiger partial charge in [-0.1, -0.05) is 37.1 Å². The molecule has 0 bridgehead atoms. The van der Waals surface area contributed by atoms with Crippen LogP contribution in [0, 0.1) is 12.8 Å². The fourth-order valence-corrected chi connectivity index (χ4v) is 4.41. The van der Waals surface area contributed by atoms with Crippen molar-refractivity contribution in [2.45, 2.75) is 64.0 Å². The third-order valence-electron chi connectivity index (χ3n) is 5.60. The van der Waals surface area contributed by atoms with Crippen molar-refractivity contribution >= 4 is 0 Å². The monoisotopic (exact) mass is 287 g/mol. The van der Waals surface area contributed by atoms with Gasteiger partial charge in [-0.05, 0) is 62.6 Å². The van der Waals surface area contributed by atoms with Gasteiger partial charge in [-0.3, -0.25) is 0 Å². The Labute approximate surface area is 129 Å². The number of fused-ring (bicyclic) bond motifs is 1. The lowest BCUT2D eigenvalue weighted by Gasteiger charge is -2.44. The third-order valence-corrected chi connectivity index (χ3v) is 5.60. The molecule has 2 heteroatoms. The third kappa shape index (κ3) is 3.49. The van der Waals surface area contributed by atoms with E-state index in [9.17, 15) is 5.11 Å². The van der Waals surface area contributed by atoms with E-state index in [1.807, 2.05) is 12.1 Å². The minimum atomic E-state index is -0.310. The Morgan fingerprint density at radius 2 is 1.90 bits per heavy atom. The molecule has 0 aromatic heterocycles. The van der Waals surface area contributed by atoms with Crippen LogP contribution in [0.15, 0.2) is 24.3 Å². The van der Waals surface area contributed by atoms with Crippen LogP contribution in [0.2, 0.25) is 0 Å². The molecular weight excluding hydrogens is 258 g/mol. The zero-order valence-corrected chi connectivity index (χ0v) is 13.3. The Balaban J connectivity index is 1.58. The lowest BCUT2D eigenvalue weighted by atomic mass is 9.78. The zero-order valence-electron chi connectivity index (χ0n) is 13.3. The Hall–Kier alpha value is -0.860. The predicted molar refractivity (Wildman–Crippen MR) is 87.3 cm³/mol. The molecule has 1 heterocycles. The molecule has 2 fully saturated rings. The fraction of sp³-hybridized carbons (Fsp3) is 0.684. The number of hydrogen-bond donors (Lipinski definition) is 1. The number of piperidine rings is 1. The first-order valence-electron chi connectivity index (χ1n) is 8.73. The molecule has 1 aromatic carbocycles. The maximum absolute atomic E-state index is 10.5. The summed E-state index contributed by atoms with van der Waals surface area (Å²) < 4.78 is 0. The first-order chi connectivity index (χ1) is 10.3. The van der Waals surface area contributed by atoms with E-state index in [0.717, 1.165) is 30.5 Å². The topological polar surface area (TPSA) is 23.5 Å². The summed E-state index contributed by atoms with van der Waals surface area (Å²) in [6.07, 6.45) is 8.98. The molecule has 21 heavy (non-hydrogen) atoms. The van der Waals surface area contributed by atoms with Crippen molar-refractivity contribution in [2.24, 2.45) is 5.92 Å². The highest BCUT2D eigenvalue weighted by Gasteiger charge is 2.33. The summed E-state index contributed by atoms with van der Waals surface area (Å²) in [6.45, 7) is 4.38. The van der Waals surface area contributed by atoms with Crippen molar-refractivity contribution < 1.29 is 5.11 Å². The number of aliphatic hydroxyl groups excluding tert-OH is 1. The molecule has 2 aliphatic rings. The Kier molecular flexibility index (Phi) is 4.97. The van der Waals surface area contributed by atoms with Gasteiger partial charge >= 0.3 is 0 Å². The summed E-state index contributed by atoms with van der Waals surface area (Å²) >= 11 is 0. The minimum Gasteiger partial charge on any atom is -0.388 e. The van der Waals surface area contributed by atoms with Gasteiger partial charge in [0, 0.05) is 12.6 Å². The SMILES string of the molecule is Cc1ccccc1C(O)CCN1CCCC2CCCCC21. The van der Waals surface area contributed by atoms with Crippen LogP contribution in [0.25, 0.3) is 0 Å². The van der Waals surface area contributed by atoms with Crippen molar-refractivity contribution in [3.63, 3.8) is 0 Å². The van der Waals surface area contributed by atoms with Gasteiger partial charge in [0.1, 0.15) is 0 Å². The molecule has 1 saturated heterocycles. The van der Waals surface area contributed by atoms with Crippen LogP contribution in [0.5, 0.6) is 0 Å². The van der Waals surface area contributed by atoms with Crippen molar-refractivity contribution in [1.82, 2.24) is 4.90 Å². The first kappa shape index (κ1) is 15.1. The molecule has 1 N–H and O–H groups in total. The van der Waals surface area contributed by atoms with Gasteiger partial charge in [0.25, 0.3) is 0 Å². The Morgan fingerprint density at radius 1 is 1.14 bits per heavy atom. The van der Waals surface area contributed by atoms with Crippen LogP contribution in [0.3, 0.4) is 0 Å². The second-order valence-electron chi connectivity index (χ2n) is 6.95.